The van der Waals surface area contributed by atoms with Crippen LogP contribution in [0.2, 0.25) is 0 Å². The summed E-state index contributed by atoms with van der Waals surface area (Å²) in [6.07, 6.45) is 3.51. The minimum absolute atomic E-state index is 0.206. The molecule has 0 spiro atoms. The topological polar surface area (TPSA) is 58.4 Å². The molecule has 0 atom stereocenters. The molecule has 0 fully saturated rings. The Morgan fingerprint density at radius 3 is 3.05 bits per heavy atom. The van der Waals surface area contributed by atoms with Crippen LogP contribution >= 0.6 is 0 Å². The fraction of sp³-hybridized carbons (Fsp3) is 0.533. The van der Waals surface area contributed by atoms with Gasteiger partial charge in [0.15, 0.2) is 0 Å². The number of amides is 1. The third-order valence-electron chi connectivity index (χ3n) is 3.63. The van der Waals surface area contributed by atoms with Crippen LogP contribution in [0.25, 0.3) is 0 Å². The minimum atomic E-state index is -0.206. The maximum Gasteiger partial charge on any atom is 0.217 e. The number of nitrogens with zero attached hydrogens (tertiary/aromatic N) is 1. The quantitative estimate of drug-likeness (QED) is 0.730. The van der Waals surface area contributed by atoms with Crippen molar-refractivity contribution in [3.8, 4) is 0 Å². The molecule has 1 aliphatic rings. The molecular formula is C15H23N3O. The highest BCUT2D eigenvalue weighted by Crippen LogP contribution is 2.27. The first kappa shape index (κ1) is 13.9. The second-order valence-corrected chi connectivity index (χ2v) is 5.23. The molecule has 4 nitrogen and oxygen atoms in total. The molecule has 0 saturated heterocycles. The van der Waals surface area contributed by atoms with E-state index in [1.807, 2.05) is 0 Å². The molecule has 0 bridgehead atoms. The molecule has 0 aliphatic carbocycles. The first-order valence-corrected chi connectivity index (χ1v) is 6.99. The molecule has 1 amide bonds. The van der Waals surface area contributed by atoms with Gasteiger partial charge in [0.25, 0.3) is 0 Å². The van der Waals surface area contributed by atoms with Crippen molar-refractivity contribution in [1.82, 2.24) is 5.32 Å². The number of nitrogens with one attached hydrogen (secondary N) is 1. The number of nitrogens with two attached hydrogens (primary N) is 1. The first-order valence-electron chi connectivity index (χ1n) is 6.99. The Kier molecular flexibility index (Phi) is 4.80. The van der Waals surface area contributed by atoms with Crippen molar-refractivity contribution in [2.75, 3.05) is 25.0 Å². The number of hydrogen-bond acceptors (Lipinski definition) is 3. The lowest BCUT2D eigenvalue weighted by molar-refractivity contribution is -0.118. The molecule has 1 aromatic rings. The van der Waals surface area contributed by atoms with E-state index in [1.165, 1.54) is 16.8 Å². The van der Waals surface area contributed by atoms with Crippen molar-refractivity contribution in [3.05, 3.63) is 29.3 Å². The third kappa shape index (κ3) is 3.96. The second kappa shape index (κ2) is 6.57. The van der Waals surface area contributed by atoms with Crippen molar-refractivity contribution in [2.45, 2.75) is 32.2 Å². The lowest BCUT2D eigenvalue weighted by atomic mass is 10.1. The number of anilines is 1. The number of primary amides is 1. The van der Waals surface area contributed by atoms with E-state index in [1.54, 1.807) is 0 Å². The second-order valence-electron chi connectivity index (χ2n) is 5.23. The van der Waals surface area contributed by atoms with E-state index in [9.17, 15) is 4.79 Å². The Bertz CT molecular complexity index is 445. The zero-order valence-electron chi connectivity index (χ0n) is 11.6. The molecule has 2 rings (SSSR count). The number of benzene rings is 1. The summed E-state index contributed by atoms with van der Waals surface area (Å²) in [6, 6.07) is 6.71. The van der Waals surface area contributed by atoms with Crippen LogP contribution in [0, 0.1) is 0 Å². The van der Waals surface area contributed by atoms with Crippen molar-refractivity contribution < 1.29 is 4.79 Å². The van der Waals surface area contributed by atoms with Gasteiger partial charge in [0.05, 0.1) is 0 Å². The summed E-state index contributed by atoms with van der Waals surface area (Å²) in [6.45, 7) is 2.96. The van der Waals surface area contributed by atoms with Crippen LogP contribution in [0.3, 0.4) is 0 Å². The van der Waals surface area contributed by atoms with Crippen LogP contribution < -0.4 is 16.0 Å². The molecule has 104 valence electrons. The fourth-order valence-corrected chi connectivity index (χ4v) is 2.51. The number of unbranched alkanes of at least 4 members (excludes halogenated alkanes) is 1. The van der Waals surface area contributed by atoms with Gasteiger partial charge in [0.2, 0.25) is 5.91 Å². The van der Waals surface area contributed by atoms with Crippen molar-refractivity contribution in [1.29, 1.82) is 0 Å². The van der Waals surface area contributed by atoms with Crippen molar-refractivity contribution in [3.63, 3.8) is 0 Å². The van der Waals surface area contributed by atoms with E-state index in [-0.39, 0.29) is 5.91 Å². The van der Waals surface area contributed by atoms with E-state index >= 15 is 0 Å². The summed E-state index contributed by atoms with van der Waals surface area (Å²) in [5, 5.41) is 3.41. The van der Waals surface area contributed by atoms with Gasteiger partial charge in [-0.25, -0.2) is 0 Å². The van der Waals surface area contributed by atoms with Crippen molar-refractivity contribution >= 4 is 11.6 Å². The van der Waals surface area contributed by atoms with Gasteiger partial charge in [0.1, 0.15) is 0 Å². The molecule has 0 unspecified atom stereocenters. The molecule has 0 radical (unpaired) electrons. The number of fused-ring (bicyclic) bond motifs is 1. The Hall–Kier alpha value is -1.55. The number of likely N-dealkylation sites (N-methyl/N-ethyl adjacent to an activating group) is 1. The van der Waals surface area contributed by atoms with Crippen molar-refractivity contribution in [2.24, 2.45) is 5.73 Å². The fourth-order valence-electron chi connectivity index (χ4n) is 2.51. The standard InChI is InChI=1S/C15H23N3O/c1-18-9-7-13-10-12(5-6-14(13)18)11-17-8-3-2-4-15(16)19/h5-6,10,17H,2-4,7-9,11H2,1H3,(H2,16,19). The highest BCUT2D eigenvalue weighted by molar-refractivity contribution is 5.73. The van der Waals surface area contributed by atoms with E-state index in [0.717, 1.165) is 38.9 Å². The monoisotopic (exact) mass is 261 g/mol. The van der Waals surface area contributed by atoms with Crippen LogP contribution in [-0.2, 0) is 17.8 Å². The highest BCUT2D eigenvalue weighted by Gasteiger charge is 2.15. The maximum absolute atomic E-state index is 10.6. The largest absolute Gasteiger partial charge is 0.374 e. The van der Waals surface area contributed by atoms with Gasteiger partial charge >= 0.3 is 0 Å². The van der Waals surface area contributed by atoms with Gasteiger partial charge in [-0.3, -0.25) is 4.79 Å². The predicted octanol–water partition coefficient (Wildman–Crippen LogP) is 1.42. The Labute approximate surface area is 115 Å². The molecule has 1 heterocycles. The molecular weight excluding hydrogens is 238 g/mol. The lowest BCUT2D eigenvalue weighted by Gasteiger charge is -2.12. The smallest absolute Gasteiger partial charge is 0.217 e. The first-order chi connectivity index (χ1) is 9.16. The lowest BCUT2D eigenvalue weighted by Crippen LogP contribution is -2.16. The SMILES string of the molecule is CN1CCc2cc(CNCCCCC(N)=O)ccc21. The maximum atomic E-state index is 10.6. The van der Waals surface area contributed by atoms with Gasteiger partial charge in [-0.05, 0) is 43.0 Å². The minimum Gasteiger partial charge on any atom is -0.374 e. The van der Waals surface area contributed by atoms with E-state index < -0.39 is 0 Å². The third-order valence-corrected chi connectivity index (χ3v) is 3.63. The predicted molar refractivity (Wildman–Crippen MR) is 78.2 cm³/mol. The van der Waals surface area contributed by atoms with Gasteiger partial charge in [0, 0.05) is 32.2 Å². The van der Waals surface area contributed by atoms with Crippen LogP contribution in [0.5, 0.6) is 0 Å². The number of carbonyl (C=O) groups is 1. The number of rotatable bonds is 7. The zero-order valence-corrected chi connectivity index (χ0v) is 11.6. The van der Waals surface area contributed by atoms with Crippen LogP contribution in [-0.4, -0.2) is 26.0 Å². The molecule has 1 aliphatic heterocycles. The highest BCUT2D eigenvalue weighted by atomic mass is 16.1. The summed E-state index contributed by atoms with van der Waals surface area (Å²) in [5.41, 5.74) is 9.26. The Balaban J connectivity index is 1.71. The van der Waals surface area contributed by atoms with Gasteiger partial charge < -0.3 is 16.0 Å². The molecule has 0 aromatic heterocycles. The van der Waals surface area contributed by atoms with Crippen LogP contribution in [0.4, 0.5) is 5.69 Å². The number of carbonyl (C=O) groups excluding carboxylic acids is 1. The average Bonchev–Trinajstić information content (AvgIpc) is 2.75. The zero-order chi connectivity index (χ0) is 13.7. The normalized spacial score (nSPS) is 13.6. The van der Waals surface area contributed by atoms with Gasteiger partial charge in [-0.1, -0.05) is 12.1 Å². The summed E-state index contributed by atoms with van der Waals surface area (Å²) < 4.78 is 0. The summed E-state index contributed by atoms with van der Waals surface area (Å²) in [7, 11) is 2.14. The molecule has 3 N–H and O–H groups in total. The molecule has 0 saturated carbocycles. The van der Waals surface area contributed by atoms with Crippen LogP contribution in [0.1, 0.15) is 30.4 Å². The Morgan fingerprint density at radius 1 is 1.42 bits per heavy atom. The Morgan fingerprint density at radius 2 is 2.26 bits per heavy atom. The average molecular weight is 261 g/mol. The number of hydrogen-bond donors (Lipinski definition) is 2. The van der Waals surface area contributed by atoms with Gasteiger partial charge in [-0.2, -0.15) is 0 Å². The summed E-state index contributed by atoms with van der Waals surface area (Å²) in [5.74, 6) is -0.206. The van der Waals surface area contributed by atoms with E-state index in [0.29, 0.717) is 6.42 Å². The van der Waals surface area contributed by atoms with E-state index in [2.05, 4.69) is 35.5 Å². The summed E-state index contributed by atoms with van der Waals surface area (Å²) in [4.78, 5) is 12.9. The molecule has 19 heavy (non-hydrogen) atoms. The van der Waals surface area contributed by atoms with Crippen LogP contribution in [0.15, 0.2) is 18.2 Å². The molecule has 4 heteroatoms. The van der Waals surface area contributed by atoms with Gasteiger partial charge in [-0.15, -0.1) is 0 Å². The van der Waals surface area contributed by atoms with E-state index in [4.69, 9.17) is 5.73 Å². The molecule has 1 aromatic carbocycles. The summed E-state index contributed by atoms with van der Waals surface area (Å²) >= 11 is 0.